The third-order valence-corrected chi connectivity index (χ3v) is 5.00. The molecule has 0 amide bonds. The summed E-state index contributed by atoms with van der Waals surface area (Å²) in [5.41, 5.74) is 1.17. The van der Waals surface area contributed by atoms with E-state index in [9.17, 15) is 9.90 Å². The molecule has 0 spiro atoms. The number of H-pyrrole nitrogens is 1. The van der Waals surface area contributed by atoms with E-state index in [0.29, 0.717) is 16.6 Å². The number of aliphatic hydroxyl groups is 1. The van der Waals surface area contributed by atoms with Gasteiger partial charge in [-0.1, -0.05) is 66.4 Å². The van der Waals surface area contributed by atoms with Crippen molar-refractivity contribution in [2.75, 3.05) is 11.1 Å². The van der Waals surface area contributed by atoms with Crippen LogP contribution in [-0.4, -0.2) is 26.0 Å². The highest BCUT2D eigenvalue weighted by atomic mass is 32.2. The van der Waals surface area contributed by atoms with E-state index in [1.54, 1.807) is 0 Å². The van der Waals surface area contributed by atoms with Crippen molar-refractivity contribution in [2.45, 2.75) is 10.8 Å². The second-order valence-electron chi connectivity index (χ2n) is 5.51. The topological polar surface area (TPSA) is 90.9 Å². The number of benzene rings is 2. The Morgan fingerprint density at radius 2 is 1.75 bits per heavy atom. The van der Waals surface area contributed by atoms with Gasteiger partial charge in [0.15, 0.2) is 11.5 Å². The molecule has 3 aromatic rings. The second-order valence-corrected chi connectivity index (χ2v) is 6.48. The van der Waals surface area contributed by atoms with Crippen molar-refractivity contribution in [1.29, 1.82) is 0 Å². The van der Waals surface area contributed by atoms with Crippen molar-refractivity contribution in [2.24, 2.45) is 0 Å². The zero-order valence-electron chi connectivity index (χ0n) is 12.6. The summed E-state index contributed by atoms with van der Waals surface area (Å²) >= 11 is 1.30. The van der Waals surface area contributed by atoms with Gasteiger partial charge in [-0.05, 0) is 11.1 Å². The first kappa shape index (κ1) is 14.9. The van der Waals surface area contributed by atoms with Gasteiger partial charge in [0.05, 0.1) is 5.75 Å². The Morgan fingerprint density at radius 3 is 2.50 bits per heavy atom. The number of rotatable bonds is 2. The zero-order valence-corrected chi connectivity index (χ0v) is 13.4. The molecule has 24 heavy (non-hydrogen) atoms. The van der Waals surface area contributed by atoms with E-state index < -0.39 is 11.4 Å². The lowest BCUT2D eigenvalue weighted by Gasteiger charge is -2.33. The van der Waals surface area contributed by atoms with Crippen LogP contribution < -0.4 is 11.0 Å². The third kappa shape index (κ3) is 2.68. The van der Waals surface area contributed by atoms with Crippen LogP contribution in [0.1, 0.15) is 5.56 Å². The molecule has 1 atom stereocenters. The predicted molar refractivity (Wildman–Crippen MR) is 92.8 cm³/mol. The van der Waals surface area contributed by atoms with Gasteiger partial charge >= 0.3 is 5.69 Å². The Bertz CT molecular complexity index is 927. The van der Waals surface area contributed by atoms with Crippen molar-refractivity contribution in [1.82, 2.24) is 15.2 Å². The minimum atomic E-state index is -1.26. The molecular weight excluding hydrogens is 324 g/mol. The van der Waals surface area contributed by atoms with Crippen LogP contribution in [0.4, 0.5) is 5.82 Å². The minimum Gasteiger partial charge on any atom is -0.366 e. The van der Waals surface area contributed by atoms with E-state index in [-0.39, 0.29) is 0 Å². The number of fused-ring (bicyclic) bond motifs is 1. The van der Waals surface area contributed by atoms with Gasteiger partial charge in [-0.2, -0.15) is 10.1 Å². The molecule has 120 valence electrons. The number of hydrogen-bond acceptors (Lipinski definition) is 6. The molecule has 0 bridgehead atoms. The predicted octanol–water partition coefficient (Wildman–Crippen LogP) is 2.19. The van der Waals surface area contributed by atoms with Crippen molar-refractivity contribution in [3.05, 3.63) is 70.6 Å². The van der Waals surface area contributed by atoms with Crippen molar-refractivity contribution in [3.63, 3.8) is 0 Å². The molecule has 2 aromatic carbocycles. The molecule has 7 heteroatoms. The smallest absolute Gasteiger partial charge is 0.362 e. The van der Waals surface area contributed by atoms with Crippen molar-refractivity contribution >= 4 is 17.6 Å². The molecular formula is C17H14N4O2S. The maximum Gasteiger partial charge on any atom is 0.362 e. The van der Waals surface area contributed by atoms with Crippen LogP contribution in [-0.2, 0) is 5.72 Å². The van der Waals surface area contributed by atoms with Crippen molar-refractivity contribution in [3.8, 4) is 11.1 Å². The first-order valence-corrected chi connectivity index (χ1v) is 8.39. The van der Waals surface area contributed by atoms with Gasteiger partial charge in [-0.3, -0.25) is 0 Å². The van der Waals surface area contributed by atoms with Crippen LogP contribution in [0.25, 0.3) is 11.1 Å². The summed E-state index contributed by atoms with van der Waals surface area (Å²) in [5.74, 6) is 0.712. The molecule has 0 fully saturated rings. The standard InChI is InChI=1S/C17H14N4O2S/c22-16-18-15-14(20-21-16)19-17(23,10-24-15)13-8-6-12(7-9-13)11-4-2-1-3-5-11/h1-9,23H,10H2,(H,19,20)(H,18,21,22). The number of aromatic amines is 1. The van der Waals surface area contributed by atoms with Crippen LogP contribution in [0.15, 0.2) is 64.4 Å². The Morgan fingerprint density at radius 1 is 1.04 bits per heavy atom. The summed E-state index contributed by atoms with van der Waals surface area (Å²) in [4.78, 5) is 15.1. The van der Waals surface area contributed by atoms with Crippen molar-refractivity contribution < 1.29 is 5.11 Å². The largest absolute Gasteiger partial charge is 0.366 e. The molecule has 6 nitrogen and oxygen atoms in total. The highest BCUT2D eigenvalue weighted by molar-refractivity contribution is 7.99. The lowest BCUT2D eigenvalue weighted by Crippen LogP contribution is -2.41. The van der Waals surface area contributed by atoms with Gasteiger partial charge in [0, 0.05) is 5.56 Å². The molecule has 0 saturated carbocycles. The van der Waals surface area contributed by atoms with Gasteiger partial charge < -0.3 is 10.4 Å². The fraction of sp³-hybridized carbons (Fsp3) is 0.118. The van der Waals surface area contributed by atoms with E-state index in [1.807, 2.05) is 54.6 Å². The summed E-state index contributed by atoms with van der Waals surface area (Å²) in [6.45, 7) is 0. The second kappa shape index (κ2) is 5.77. The molecule has 1 unspecified atom stereocenters. The molecule has 2 heterocycles. The maximum atomic E-state index is 11.2. The number of nitrogens with zero attached hydrogens (tertiary/aromatic N) is 2. The summed E-state index contributed by atoms with van der Waals surface area (Å²) in [7, 11) is 0. The molecule has 1 aliphatic rings. The molecule has 3 N–H and O–H groups in total. The number of nitrogens with one attached hydrogen (secondary N) is 2. The summed E-state index contributed by atoms with van der Waals surface area (Å²) in [6.07, 6.45) is 0. The van der Waals surface area contributed by atoms with E-state index in [0.717, 1.165) is 16.7 Å². The highest BCUT2D eigenvalue weighted by Crippen LogP contribution is 2.37. The van der Waals surface area contributed by atoms with Gasteiger partial charge in [0.2, 0.25) is 0 Å². The molecule has 1 aromatic heterocycles. The quantitative estimate of drug-likeness (QED) is 0.663. The van der Waals surface area contributed by atoms with E-state index in [4.69, 9.17) is 0 Å². The summed E-state index contributed by atoms with van der Waals surface area (Å²) in [6, 6.07) is 17.8. The van der Waals surface area contributed by atoms with Crippen LogP contribution in [0.3, 0.4) is 0 Å². The average Bonchev–Trinajstić information content (AvgIpc) is 2.63. The monoisotopic (exact) mass is 338 g/mol. The Labute approximate surface area is 142 Å². The zero-order chi connectivity index (χ0) is 16.6. The van der Waals surface area contributed by atoms with E-state index in [1.165, 1.54) is 11.8 Å². The summed E-state index contributed by atoms with van der Waals surface area (Å²) < 4.78 is 0. The highest BCUT2D eigenvalue weighted by Gasteiger charge is 2.35. The molecule has 0 radical (unpaired) electrons. The lowest BCUT2D eigenvalue weighted by atomic mass is 9.99. The van der Waals surface area contributed by atoms with Gasteiger partial charge in [-0.15, -0.1) is 0 Å². The normalized spacial score (nSPS) is 19.4. The first-order valence-electron chi connectivity index (χ1n) is 7.40. The Hall–Kier alpha value is -2.64. The van der Waals surface area contributed by atoms with E-state index in [2.05, 4.69) is 20.5 Å². The molecule has 1 aliphatic heterocycles. The van der Waals surface area contributed by atoms with Gasteiger partial charge in [0.1, 0.15) is 5.03 Å². The molecule has 4 rings (SSSR count). The molecule has 0 saturated heterocycles. The minimum absolute atomic E-state index is 0.336. The summed E-state index contributed by atoms with van der Waals surface area (Å²) in [5, 5.41) is 20.6. The van der Waals surface area contributed by atoms with Gasteiger partial charge in [0.25, 0.3) is 0 Å². The average molecular weight is 338 g/mol. The van der Waals surface area contributed by atoms with Crippen LogP contribution in [0.5, 0.6) is 0 Å². The van der Waals surface area contributed by atoms with E-state index >= 15 is 0 Å². The number of anilines is 1. The Balaban J connectivity index is 1.64. The number of aromatic nitrogens is 3. The number of thioether (sulfide) groups is 1. The van der Waals surface area contributed by atoms with Crippen LogP contribution in [0, 0.1) is 0 Å². The lowest BCUT2D eigenvalue weighted by molar-refractivity contribution is 0.0915. The van der Waals surface area contributed by atoms with Gasteiger partial charge in [-0.25, -0.2) is 9.89 Å². The van der Waals surface area contributed by atoms with Crippen LogP contribution >= 0.6 is 11.8 Å². The molecule has 0 aliphatic carbocycles. The third-order valence-electron chi connectivity index (χ3n) is 3.88. The Kier molecular flexibility index (Phi) is 3.59. The SMILES string of the molecule is O=c1nc2c(n[nH]1)NC(O)(c1ccc(-c3ccccc3)cc1)CS2. The maximum absolute atomic E-state index is 11.2. The fourth-order valence-electron chi connectivity index (χ4n) is 2.63. The van der Waals surface area contributed by atoms with Crippen LogP contribution in [0.2, 0.25) is 0 Å². The fourth-order valence-corrected chi connectivity index (χ4v) is 3.60. The number of hydrogen-bond donors (Lipinski definition) is 3. The first-order chi connectivity index (χ1) is 11.6.